The Morgan fingerprint density at radius 2 is 1.28 bits per heavy atom. The van der Waals surface area contributed by atoms with E-state index in [4.69, 9.17) is 4.98 Å². The summed E-state index contributed by atoms with van der Waals surface area (Å²) in [5.41, 5.74) is 7.82. The van der Waals surface area contributed by atoms with Crippen LogP contribution < -0.4 is 11.0 Å². The van der Waals surface area contributed by atoms with Gasteiger partial charge in [0.15, 0.2) is 0 Å². The highest BCUT2D eigenvalue weighted by Crippen LogP contribution is 2.27. The Balaban J connectivity index is 1.40. The maximum atomic E-state index is 13.4. The molecule has 0 fully saturated rings. The summed E-state index contributed by atoms with van der Waals surface area (Å²) in [6, 6.07) is 34.5. The first kappa shape index (κ1) is 21.4. The van der Waals surface area contributed by atoms with Crippen LogP contribution in [0.5, 0.6) is 0 Å². The molecule has 2 aromatic heterocycles. The van der Waals surface area contributed by atoms with Crippen molar-refractivity contribution in [1.29, 1.82) is 0 Å². The number of aromatic nitrogens is 3. The van der Waals surface area contributed by atoms with Gasteiger partial charge in [0.1, 0.15) is 6.33 Å². The van der Waals surface area contributed by atoms with E-state index in [1.54, 1.807) is 24.3 Å². The lowest BCUT2D eigenvalue weighted by atomic mass is 10.0. The molecule has 6 nitrogen and oxygen atoms in total. The third-order valence-corrected chi connectivity index (χ3v) is 6.14. The molecular formula is C30H20N4O2. The number of pyridine rings is 1. The maximum Gasteiger partial charge on any atom is 0.280 e. The molecule has 0 aliphatic rings. The first-order chi connectivity index (χ1) is 17.7. The second-order valence-corrected chi connectivity index (χ2v) is 8.39. The van der Waals surface area contributed by atoms with E-state index >= 15 is 0 Å². The highest BCUT2D eigenvalue weighted by atomic mass is 16.2. The molecule has 0 atom stereocenters. The number of amides is 1. The summed E-state index contributed by atoms with van der Waals surface area (Å²) in [6.07, 6.45) is 1.33. The molecule has 172 valence electrons. The molecule has 0 saturated carbocycles. The van der Waals surface area contributed by atoms with Crippen molar-refractivity contribution in [2.75, 3.05) is 5.43 Å². The van der Waals surface area contributed by atoms with Gasteiger partial charge in [0.25, 0.3) is 11.5 Å². The van der Waals surface area contributed by atoms with Crippen LogP contribution in [0.25, 0.3) is 44.2 Å². The van der Waals surface area contributed by atoms with Gasteiger partial charge in [-0.1, -0.05) is 84.9 Å². The lowest BCUT2D eigenvalue weighted by Crippen LogP contribution is -2.33. The Hall–Kier alpha value is -5.10. The van der Waals surface area contributed by atoms with Crippen LogP contribution in [0.1, 0.15) is 10.4 Å². The van der Waals surface area contributed by atoms with E-state index in [9.17, 15) is 9.59 Å². The second-order valence-electron chi connectivity index (χ2n) is 8.39. The molecule has 6 rings (SSSR count). The number of carbonyl (C=O) groups excluding carboxylic acids is 1. The predicted molar refractivity (Wildman–Crippen MR) is 142 cm³/mol. The Kier molecular flexibility index (Phi) is 5.31. The molecule has 1 N–H and O–H groups in total. The zero-order chi connectivity index (χ0) is 24.5. The average molecular weight is 469 g/mol. The molecule has 4 aromatic carbocycles. The fourth-order valence-corrected chi connectivity index (χ4v) is 4.29. The van der Waals surface area contributed by atoms with Crippen molar-refractivity contribution in [2.24, 2.45) is 0 Å². The normalized spacial score (nSPS) is 11.0. The van der Waals surface area contributed by atoms with E-state index in [-0.39, 0.29) is 5.56 Å². The van der Waals surface area contributed by atoms with Crippen molar-refractivity contribution in [3.8, 4) is 22.4 Å². The molecule has 6 aromatic rings. The zero-order valence-electron chi connectivity index (χ0n) is 19.1. The van der Waals surface area contributed by atoms with E-state index in [1.807, 2.05) is 72.8 Å². The van der Waals surface area contributed by atoms with Crippen molar-refractivity contribution in [2.45, 2.75) is 0 Å². The molecule has 0 spiro atoms. The number of para-hydroxylation sites is 2. The van der Waals surface area contributed by atoms with E-state index in [0.717, 1.165) is 21.4 Å². The highest BCUT2D eigenvalue weighted by molar-refractivity contribution is 6.10. The molecule has 36 heavy (non-hydrogen) atoms. The smallest absolute Gasteiger partial charge is 0.267 e. The molecule has 1 amide bonds. The van der Waals surface area contributed by atoms with Gasteiger partial charge in [0.2, 0.25) is 0 Å². The largest absolute Gasteiger partial charge is 0.280 e. The quantitative estimate of drug-likeness (QED) is 0.362. The minimum atomic E-state index is -0.421. The van der Waals surface area contributed by atoms with Gasteiger partial charge in [-0.15, -0.1) is 0 Å². The number of fused-ring (bicyclic) bond motifs is 2. The molecule has 0 aliphatic heterocycles. The van der Waals surface area contributed by atoms with Crippen molar-refractivity contribution in [3.05, 3.63) is 131 Å². The summed E-state index contributed by atoms with van der Waals surface area (Å²) >= 11 is 0. The standard InChI is InChI=1S/C30H20N4O2/c35-29(33-34-19-31-26-12-6-5-11-24(26)30(34)36)25-18-28(32-27-13-7-4-10-23(25)27)22-16-14-21(15-17-22)20-8-2-1-3-9-20/h1-19H,(H,33,35). The van der Waals surface area contributed by atoms with Gasteiger partial charge in [-0.2, -0.15) is 0 Å². The molecule has 6 heteroatoms. The number of nitrogens with zero attached hydrogens (tertiary/aromatic N) is 3. The SMILES string of the molecule is O=C(Nn1cnc2ccccc2c1=O)c1cc(-c2ccc(-c3ccccc3)cc2)nc2ccccc12. The number of rotatable bonds is 4. The fraction of sp³-hybridized carbons (Fsp3) is 0. The van der Waals surface area contributed by atoms with E-state index in [0.29, 0.717) is 33.1 Å². The Bertz CT molecular complexity index is 1790. The van der Waals surface area contributed by atoms with Crippen LogP contribution in [0.4, 0.5) is 0 Å². The number of nitrogens with one attached hydrogen (secondary N) is 1. The van der Waals surface area contributed by atoms with Gasteiger partial charge in [-0.25, -0.2) is 14.6 Å². The third-order valence-electron chi connectivity index (χ3n) is 6.14. The molecular weight excluding hydrogens is 448 g/mol. The summed E-state index contributed by atoms with van der Waals surface area (Å²) in [5, 5.41) is 1.13. The van der Waals surface area contributed by atoms with Gasteiger partial charge >= 0.3 is 0 Å². The Morgan fingerprint density at radius 1 is 0.667 bits per heavy atom. The first-order valence-electron chi connectivity index (χ1n) is 11.5. The van der Waals surface area contributed by atoms with Gasteiger partial charge in [-0.05, 0) is 35.4 Å². The topological polar surface area (TPSA) is 76.9 Å². The van der Waals surface area contributed by atoms with Crippen LogP contribution in [0.15, 0.2) is 120 Å². The van der Waals surface area contributed by atoms with Crippen LogP contribution >= 0.6 is 0 Å². The monoisotopic (exact) mass is 468 g/mol. The summed E-state index contributed by atoms with van der Waals surface area (Å²) in [4.78, 5) is 35.4. The van der Waals surface area contributed by atoms with Gasteiger partial charge in [0, 0.05) is 10.9 Å². The number of hydrogen-bond acceptors (Lipinski definition) is 4. The first-order valence-corrected chi connectivity index (χ1v) is 11.5. The molecule has 0 unspecified atom stereocenters. The average Bonchev–Trinajstić information content (AvgIpc) is 2.94. The number of benzene rings is 4. The summed E-state index contributed by atoms with van der Waals surface area (Å²) in [6.45, 7) is 0. The lowest BCUT2D eigenvalue weighted by molar-refractivity contribution is 0.101. The summed E-state index contributed by atoms with van der Waals surface area (Å²) in [5.74, 6) is -0.421. The van der Waals surface area contributed by atoms with E-state index < -0.39 is 5.91 Å². The summed E-state index contributed by atoms with van der Waals surface area (Å²) in [7, 11) is 0. The lowest BCUT2D eigenvalue weighted by Gasteiger charge is -2.12. The molecule has 0 radical (unpaired) electrons. The Morgan fingerprint density at radius 3 is 2.06 bits per heavy atom. The second kappa shape index (κ2) is 8.92. The summed E-state index contributed by atoms with van der Waals surface area (Å²) < 4.78 is 1.12. The fourth-order valence-electron chi connectivity index (χ4n) is 4.29. The zero-order valence-corrected chi connectivity index (χ0v) is 19.1. The highest BCUT2D eigenvalue weighted by Gasteiger charge is 2.15. The van der Waals surface area contributed by atoms with E-state index in [1.165, 1.54) is 6.33 Å². The molecule has 0 saturated heterocycles. The molecule has 0 bridgehead atoms. The van der Waals surface area contributed by atoms with Crippen molar-refractivity contribution in [3.63, 3.8) is 0 Å². The minimum Gasteiger partial charge on any atom is -0.267 e. The van der Waals surface area contributed by atoms with Crippen LogP contribution in [0.3, 0.4) is 0 Å². The molecule has 0 aliphatic carbocycles. The molecule has 2 heterocycles. The van der Waals surface area contributed by atoms with E-state index in [2.05, 4.69) is 22.5 Å². The minimum absolute atomic E-state index is 0.343. The number of hydrogen-bond donors (Lipinski definition) is 1. The number of carbonyl (C=O) groups is 1. The predicted octanol–water partition coefficient (Wildman–Crippen LogP) is 5.66. The van der Waals surface area contributed by atoms with Crippen LogP contribution in [0.2, 0.25) is 0 Å². The van der Waals surface area contributed by atoms with Gasteiger partial charge in [-0.3, -0.25) is 15.0 Å². The third kappa shape index (κ3) is 3.91. The van der Waals surface area contributed by atoms with Gasteiger partial charge in [0.05, 0.1) is 27.7 Å². The van der Waals surface area contributed by atoms with Crippen molar-refractivity contribution < 1.29 is 4.79 Å². The van der Waals surface area contributed by atoms with Gasteiger partial charge < -0.3 is 0 Å². The van der Waals surface area contributed by atoms with Crippen molar-refractivity contribution in [1.82, 2.24) is 14.6 Å². The Labute approximate surface area is 206 Å². The maximum absolute atomic E-state index is 13.4. The van der Waals surface area contributed by atoms with Crippen LogP contribution in [-0.4, -0.2) is 20.6 Å². The van der Waals surface area contributed by atoms with Crippen molar-refractivity contribution >= 4 is 27.7 Å². The van der Waals surface area contributed by atoms with Crippen LogP contribution in [-0.2, 0) is 0 Å². The van der Waals surface area contributed by atoms with Crippen LogP contribution in [0, 0.1) is 0 Å².